The highest BCUT2D eigenvalue weighted by Gasteiger charge is 2.34. The molecule has 1 aliphatic rings. The van der Waals surface area contributed by atoms with Crippen molar-refractivity contribution in [3.8, 4) is 0 Å². The van der Waals surface area contributed by atoms with Gasteiger partial charge in [-0.1, -0.05) is 26.0 Å². The second kappa shape index (κ2) is 10.5. The van der Waals surface area contributed by atoms with Crippen LogP contribution in [0.3, 0.4) is 0 Å². The Labute approximate surface area is 195 Å². The zero-order chi connectivity index (χ0) is 23.3. The van der Waals surface area contributed by atoms with Gasteiger partial charge < -0.3 is 20.3 Å². The highest BCUT2D eigenvalue weighted by Crippen LogP contribution is 2.32. The van der Waals surface area contributed by atoms with Crippen LogP contribution in [0, 0.1) is 11.3 Å². The van der Waals surface area contributed by atoms with Crippen molar-refractivity contribution in [3.63, 3.8) is 0 Å². The van der Waals surface area contributed by atoms with E-state index < -0.39 is 11.5 Å². The SMILES string of the molecule is CCN1C(=S)N[C@H](c2ccc(NC(=O)C(C)(C)CCl)cc2)C(C(=O)OCC(C)C)=C1C. The molecule has 0 unspecified atom stereocenters. The minimum atomic E-state index is -0.672. The van der Waals surface area contributed by atoms with Crippen molar-refractivity contribution in [2.45, 2.75) is 47.6 Å². The fourth-order valence-corrected chi connectivity index (χ4v) is 3.62. The lowest BCUT2D eigenvalue weighted by Crippen LogP contribution is -2.47. The first-order valence-corrected chi connectivity index (χ1v) is 11.4. The molecule has 0 spiro atoms. The molecule has 0 aliphatic carbocycles. The van der Waals surface area contributed by atoms with Crippen LogP contribution in [-0.2, 0) is 14.3 Å². The number of nitrogens with zero attached hydrogens (tertiary/aromatic N) is 1. The molecule has 0 bridgehead atoms. The van der Waals surface area contributed by atoms with E-state index in [1.807, 2.05) is 44.7 Å². The number of carbonyl (C=O) groups is 2. The molecule has 8 heteroatoms. The molecule has 0 saturated carbocycles. The number of hydrogen-bond acceptors (Lipinski definition) is 4. The van der Waals surface area contributed by atoms with E-state index in [-0.39, 0.29) is 23.7 Å². The van der Waals surface area contributed by atoms with E-state index in [9.17, 15) is 9.59 Å². The predicted molar refractivity (Wildman–Crippen MR) is 129 cm³/mol. The quantitative estimate of drug-likeness (QED) is 0.332. The second-order valence-electron chi connectivity index (χ2n) is 8.71. The summed E-state index contributed by atoms with van der Waals surface area (Å²) in [6.07, 6.45) is 0. The lowest BCUT2D eigenvalue weighted by molar-refractivity contribution is -0.140. The highest BCUT2D eigenvalue weighted by atomic mass is 35.5. The number of anilines is 1. The van der Waals surface area contributed by atoms with Gasteiger partial charge in [0.05, 0.1) is 23.6 Å². The fourth-order valence-electron chi connectivity index (χ4n) is 3.12. The van der Waals surface area contributed by atoms with E-state index in [4.69, 9.17) is 28.6 Å². The Bertz CT molecular complexity index is 865. The molecule has 1 aromatic rings. The Morgan fingerprint density at radius 2 is 1.90 bits per heavy atom. The van der Waals surface area contributed by atoms with E-state index in [1.54, 1.807) is 26.0 Å². The third kappa shape index (κ3) is 5.98. The smallest absolute Gasteiger partial charge is 0.338 e. The molecule has 31 heavy (non-hydrogen) atoms. The summed E-state index contributed by atoms with van der Waals surface area (Å²) in [5.41, 5.74) is 2.16. The van der Waals surface area contributed by atoms with Gasteiger partial charge in [0.2, 0.25) is 5.91 Å². The van der Waals surface area contributed by atoms with Crippen LogP contribution in [0.25, 0.3) is 0 Å². The molecule has 170 valence electrons. The zero-order valence-corrected chi connectivity index (χ0v) is 20.6. The van der Waals surface area contributed by atoms with Gasteiger partial charge in [-0.25, -0.2) is 4.79 Å². The van der Waals surface area contributed by atoms with Gasteiger partial charge in [0.15, 0.2) is 5.11 Å². The largest absolute Gasteiger partial charge is 0.462 e. The van der Waals surface area contributed by atoms with Gasteiger partial charge in [0.25, 0.3) is 0 Å². The first-order chi connectivity index (χ1) is 14.5. The average Bonchev–Trinajstić information content (AvgIpc) is 2.72. The number of alkyl halides is 1. The van der Waals surface area contributed by atoms with Crippen molar-refractivity contribution in [1.29, 1.82) is 0 Å². The van der Waals surface area contributed by atoms with Crippen molar-refractivity contribution < 1.29 is 14.3 Å². The summed E-state index contributed by atoms with van der Waals surface area (Å²) in [5, 5.41) is 6.71. The zero-order valence-electron chi connectivity index (χ0n) is 19.0. The number of hydrogen-bond donors (Lipinski definition) is 2. The number of allylic oxidation sites excluding steroid dienone is 1. The van der Waals surface area contributed by atoms with Crippen molar-refractivity contribution in [2.75, 3.05) is 24.3 Å². The van der Waals surface area contributed by atoms with E-state index in [0.717, 1.165) is 11.3 Å². The lowest BCUT2D eigenvalue weighted by atomic mass is 9.94. The molecule has 1 amide bonds. The fraction of sp³-hybridized carbons (Fsp3) is 0.522. The molecule has 0 aromatic heterocycles. The summed E-state index contributed by atoms with van der Waals surface area (Å²) < 4.78 is 5.54. The number of halogens is 1. The van der Waals surface area contributed by atoms with E-state index in [2.05, 4.69) is 10.6 Å². The number of thiocarbonyl (C=S) groups is 1. The minimum absolute atomic E-state index is 0.153. The van der Waals surface area contributed by atoms with Crippen LogP contribution in [0.4, 0.5) is 5.69 Å². The molecular weight excluding hydrogens is 434 g/mol. The monoisotopic (exact) mass is 465 g/mol. The Morgan fingerprint density at radius 1 is 1.29 bits per heavy atom. The molecule has 2 N–H and O–H groups in total. The van der Waals surface area contributed by atoms with Gasteiger partial charge in [-0.2, -0.15) is 0 Å². The van der Waals surface area contributed by atoms with E-state index in [1.165, 1.54) is 0 Å². The van der Waals surface area contributed by atoms with E-state index >= 15 is 0 Å². The maximum Gasteiger partial charge on any atom is 0.338 e. The Kier molecular flexibility index (Phi) is 8.49. The molecule has 2 rings (SSSR count). The molecule has 0 radical (unpaired) electrons. The average molecular weight is 466 g/mol. The van der Waals surface area contributed by atoms with Crippen molar-refractivity contribution >= 4 is 46.5 Å². The van der Waals surface area contributed by atoms with Crippen LogP contribution in [-0.4, -0.2) is 40.9 Å². The van der Waals surface area contributed by atoms with Crippen LogP contribution in [0.2, 0.25) is 0 Å². The number of carbonyl (C=O) groups excluding carboxylic acids is 2. The lowest BCUT2D eigenvalue weighted by Gasteiger charge is -2.37. The molecule has 1 heterocycles. The first kappa shape index (κ1) is 25.1. The Hall–Kier alpha value is -2.12. The van der Waals surface area contributed by atoms with Gasteiger partial charge in [-0.15, -0.1) is 11.6 Å². The maximum absolute atomic E-state index is 13.0. The molecule has 0 fully saturated rings. The summed E-state index contributed by atoms with van der Waals surface area (Å²) in [6.45, 7) is 12.4. The highest BCUT2D eigenvalue weighted by molar-refractivity contribution is 7.80. The van der Waals surface area contributed by atoms with Crippen LogP contribution in [0.5, 0.6) is 0 Å². The van der Waals surface area contributed by atoms with Gasteiger partial charge in [-0.3, -0.25) is 4.79 Å². The van der Waals surface area contributed by atoms with Crippen molar-refractivity contribution in [2.24, 2.45) is 11.3 Å². The van der Waals surface area contributed by atoms with Crippen molar-refractivity contribution in [1.82, 2.24) is 10.2 Å². The van der Waals surface area contributed by atoms with Gasteiger partial charge >= 0.3 is 5.97 Å². The van der Waals surface area contributed by atoms with Gasteiger partial charge in [0, 0.05) is 23.8 Å². The summed E-state index contributed by atoms with van der Waals surface area (Å²) in [7, 11) is 0. The summed E-state index contributed by atoms with van der Waals surface area (Å²) in [5.74, 6) is -0.0473. The summed E-state index contributed by atoms with van der Waals surface area (Å²) in [4.78, 5) is 27.2. The number of esters is 1. The van der Waals surface area contributed by atoms with Gasteiger partial charge in [-0.05, 0) is 63.5 Å². The maximum atomic E-state index is 13.0. The first-order valence-electron chi connectivity index (χ1n) is 10.4. The van der Waals surface area contributed by atoms with Gasteiger partial charge in [0.1, 0.15) is 0 Å². The van der Waals surface area contributed by atoms with Crippen LogP contribution in [0.1, 0.15) is 53.1 Å². The Morgan fingerprint density at radius 3 is 2.42 bits per heavy atom. The number of benzene rings is 1. The topological polar surface area (TPSA) is 70.7 Å². The molecule has 1 aromatic carbocycles. The summed E-state index contributed by atoms with van der Waals surface area (Å²) in [6, 6.07) is 6.92. The number of amides is 1. The molecule has 0 saturated heterocycles. The predicted octanol–water partition coefficient (Wildman–Crippen LogP) is 4.61. The molecular formula is C23H32ClN3O3S. The van der Waals surface area contributed by atoms with Crippen LogP contribution in [0.15, 0.2) is 35.5 Å². The molecule has 1 aliphatic heterocycles. The Balaban J connectivity index is 2.33. The molecule has 6 nitrogen and oxygen atoms in total. The number of rotatable bonds is 8. The van der Waals surface area contributed by atoms with Crippen LogP contribution < -0.4 is 10.6 Å². The summed E-state index contributed by atoms with van der Waals surface area (Å²) >= 11 is 11.4. The molecule has 1 atom stereocenters. The van der Waals surface area contributed by atoms with Crippen LogP contribution >= 0.6 is 23.8 Å². The number of nitrogens with one attached hydrogen (secondary N) is 2. The van der Waals surface area contributed by atoms with Crippen molar-refractivity contribution in [3.05, 3.63) is 41.1 Å². The normalized spacial score (nSPS) is 17.0. The number of ether oxygens (including phenoxy) is 1. The third-order valence-electron chi connectivity index (χ3n) is 5.13. The second-order valence-corrected chi connectivity index (χ2v) is 9.37. The third-order valence-corrected chi connectivity index (χ3v) is 6.14. The minimum Gasteiger partial charge on any atom is -0.462 e. The van der Waals surface area contributed by atoms with E-state index in [0.29, 0.717) is 29.5 Å². The standard InChI is InChI=1S/C23H32ClN3O3S/c1-7-27-15(4)18(20(28)30-12-14(2)3)19(26-22(27)31)16-8-10-17(11-9-16)25-21(29)23(5,6)13-24/h8-11,14,19H,7,12-13H2,1-6H3,(H,25,29)(H,26,31)/t19-/m1/s1.